The van der Waals surface area contributed by atoms with E-state index in [1.807, 2.05) is 47.0 Å². The van der Waals surface area contributed by atoms with Gasteiger partial charge in [-0.05, 0) is 24.3 Å². The molecule has 0 fully saturated rings. The number of nitrogens with one attached hydrogen (secondary N) is 1. The third kappa shape index (κ3) is 2.63. The molecule has 0 atom stereocenters. The molecular formula is C17H14N4O2S. The van der Waals surface area contributed by atoms with Crippen LogP contribution in [0.25, 0.3) is 5.52 Å². The van der Waals surface area contributed by atoms with Gasteiger partial charge >= 0.3 is 0 Å². The Morgan fingerprint density at radius 3 is 2.96 bits per heavy atom. The second-order valence-corrected chi connectivity index (χ2v) is 6.31. The van der Waals surface area contributed by atoms with Crippen LogP contribution in [-0.4, -0.2) is 33.5 Å². The highest BCUT2D eigenvalue weighted by Gasteiger charge is 2.26. The zero-order valence-corrected chi connectivity index (χ0v) is 13.5. The van der Waals surface area contributed by atoms with Crippen molar-refractivity contribution in [1.29, 1.82) is 0 Å². The molecule has 1 N–H and O–H groups in total. The Morgan fingerprint density at radius 1 is 1.21 bits per heavy atom. The largest absolute Gasteiger partial charge is 0.323 e. The Morgan fingerprint density at radius 2 is 2.04 bits per heavy atom. The van der Waals surface area contributed by atoms with E-state index in [1.165, 1.54) is 16.7 Å². The summed E-state index contributed by atoms with van der Waals surface area (Å²) in [5.74, 6) is -0.0800. The Labute approximate surface area is 142 Å². The van der Waals surface area contributed by atoms with Crippen LogP contribution in [0.2, 0.25) is 0 Å². The molecule has 2 aromatic heterocycles. The number of rotatable bonds is 3. The molecule has 0 radical (unpaired) electrons. The lowest BCUT2D eigenvalue weighted by Crippen LogP contribution is -2.43. The number of benzene rings is 1. The van der Waals surface area contributed by atoms with Gasteiger partial charge in [0.2, 0.25) is 11.8 Å². The number of carbonyl (C=O) groups is 2. The van der Waals surface area contributed by atoms with Crippen LogP contribution in [0.4, 0.5) is 11.4 Å². The molecule has 0 saturated heterocycles. The smallest absolute Gasteiger partial charge is 0.244 e. The average Bonchev–Trinajstić information content (AvgIpc) is 3.02. The van der Waals surface area contributed by atoms with Crippen molar-refractivity contribution < 1.29 is 9.59 Å². The number of amides is 2. The summed E-state index contributed by atoms with van der Waals surface area (Å²) in [6.45, 7) is 0.0404. The molecule has 2 amide bonds. The highest BCUT2D eigenvalue weighted by atomic mass is 32.2. The van der Waals surface area contributed by atoms with E-state index >= 15 is 0 Å². The van der Waals surface area contributed by atoms with E-state index in [4.69, 9.17) is 0 Å². The number of imidazole rings is 1. The van der Waals surface area contributed by atoms with Crippen molar-refractivity contribution in [2.75, 3.05) is 22.5 Å². The van der Waals surface area contributed by atoms with Crippen LogP contribution >= 0.6 is 11.8 Å². The van der Waals surface area contributed by atoms with Crippen LogP contribution in [0, 0.1) is 0 Å². The van der Waals surface area contributed by atoms with Gasteiger partial charge in [0.25, 0.3) is 0 Å². The van der Waals surface area contributed by atoms with Gasteiger partial charge in [-0.15, -0.1) is 0 Å². The Balaban J connectivity index is 1.53. The van der Waals surface area contributed by atoms with Gasteiger partial charge in [0, 0.05) is 6.20 Å². The van der Waals surface area contributed by atoms with Crippen LogP contribution in [0.3, 0.4) is 0 Å². The van der Waals surface area contributed by atoms with Gasteiger partial charge in [-0.3, -0.25) is 14.0 Å². The summed E-state index contributed by atoms with van der Waals surface area (Å²) in [5, 5.41) is 3.54. The predicted octanol–water partition coefficient (Wildman–Crippen LogP) is 2.41. The molecule has 24 heavy (non-hydrogen) atoms. The average molecular weight is 338 g/mol. The first kappa shape index (κ1) is 14.8. The number of hydrogen-bond donors (Lipinski definition) is 1. The Kier molecular flexibility index (Phi) is 3.70. The molecule has 4 rings (SSSR count). The van der Waals surface area contributed by atoms with E-state index in [9.17, 15) is 9.59 Å². The maximum atomic E-state index is 12.6. The summed E-state index contributed by atoms with van der Waals surface area (Å²) in [7, 11) is 0. The van der Waals surface area contributed by atoms with Gasteiger partial charge in [-0.2, -0.15) is 0 Å². The highest BCUT2D eigenvalue weighted by Crippen LogP contribution is 2.30. The van der Waals surface area contributed by atoms with Crippen LogP contribution < -0.4 is 10.2 Å². The van der Waals surface area contributed by atoms with Crippen LogP contribution in [0.5, 0.6) is 0 Å². The third-order valence-electron chi connectivity index (χ3n) is 3.80. The maximum absolute atomic E-state index is 12.6. The fraction of sp³-hybridized carbons (Fsp3) is 0.118. The van der Waals surface area contributed by atoms with Crippen molar-refractivity contribution in [3.05, 3.63) is 54.9 Å². The lowest BCUT2D eigenvalue weighted by Gasteiger charge is -2.28. The zero-order chi connectivity index (χ0) is 16.5. The monoisotopic (exact) mass is 338 g/mol. The van der Waals surface area contributed by atoms with Gasteiger partial charge < -0.3 is 10.2 Å². The topological polar surface area (TPSA) is 66.7 Å². The molecule has 120 valence electrons. The minimum absolute atomic E-state index is 0.0404. The molecule has 0 spiro atoms. The fourth-order valence-electron chi connectivity index (χ4n) is 2.69. The molecule has 1 aliphatic heterocycles. The van der Waals surface area contributed by atoms with Crippen molar-refractivity contribution >= 4 is 40.5 Å². The number of nitrogens with zero attached hydrogens (tertiary/aromatic N) is 3. The van der Waals surface area contributed by atoms with E-state index < -0.39 is 0 Å². The molecule has 0 unspecified atom stereocenters. The number of fused-ring (bicyclic) bond motifs is 2. The molecule has 0 aliphatic carbocycles. The number of thioether (sulfide) groups is 1. The molecule has 3 heterocycles. The van der Waals surface area contributed by atoms with Gasteiger partial charge in [0.15, 0.2) is 5.16 Å². The van der Waals surface area contributed by atoms with Gasteiger partial charge in [0.05, 0.1) is 28.8 Å². The van der Waals surface area contributed by atoms with Crippen molar-refractivity contribution in [1.82, 2.24) is 9.38 Å². The van der Waals surface area contributed by atoms with E-state index in [2.05, 4.69) is 10.3 Å². The van der Waals surface area contributed by atoms with E-state index in [-0.39, 0.29) is 24.1 Å². The minimum Gasteiger partial charge on any atom is -0.323 e. The number of para-hydroxylation sites is 2. The van der Waals surface area contributed by atoms with Crippen LogP contribution in [0.15, 0.2) is 60.0 Å². The Hall–Kier alpha value is -2.80. The molecule has 1 aromatic carbocycles. The first-order valence-corrected chi connectivity index (χ1v) is 8.45. The van der Waals surface area contributed by atoms with Crippen LogP contribution in [-0.2, 0) is 9.59 Å². The molecule has 6 nitrogen and oxygen atoms in total. The van der Waals surface area contributed by atoms with Gasteiger partial charge in [-0.25, -0.2) is 4.98 Å². The first-order chi connectivity index (χ1) is 11.7. The summed E-state index contributed by atoms with van der Waals surface area (Å²) < 4.78 is 1.94. The summed E-state index contributed by atoms with van der Waals surface area (Å²) in [5.41, 5.74) is 2.38. The lowest BCUT2D eigenvalue weighted by molar-refractivity contribution is -0.120. The van der Waals surface area contributed by atoms with Gasteiger partial charge in [-0.1, -0.05) is 30.0 Å². The SMILES string of the molecule is O=C1CN(C(=O)CSc2ncc3ccccn23)c2ccccc2N1. The van der Waals surface area contributed by atoms with Crippen LogP contribution in [0.1, 0.15) is 0 Å². The summed E-state index contributed by atoms with van der Waals surface area (Å²) in [4.78, 5) is 30.3. The molecule has 0 saturated carbocycles. The second kappa shape index (κ2) is 6.01. The van der Waals surface area contributed by atoms with E-state index in [1.54, 1.807) is 12.3 Å². The van der Waals surface area contributed by atoms with E-state index in [0.29, 0.717) is 5.69 Å². The standard InChI is InChI=1S/C17H14N4O2S/c22-15-10-21(14-7-2-1-6-13(14)19-15)16(23)11-24-17-18-9-12-5-3-4-8-20(12)17/h1-9H,10-11H2,(H,19,22). The summed E-state index contributed by atoms with van der Waals surface area (Å²) in [6, 6.07) is 13.1. The molecule has 0 bridgehead atoms. The molecular weight excluding hydrogens is 324 g/mol. The number of hydrogen-bond acceptors (Lipinski definition) is 4. The maximum Gasteiger partial charge on any atom is 0.244 e. The van der Waals surface area contributed by atoms with Gasteiger partial charge in [0.1, 0.15) is 6.54 Å². The number of pyridine rings is 1. The third-order valence-corrected chi connectivity index (χ3v) is 4.75. The van der Waals surface area contributed by atoms with E-state index in [0.717, 1.165) is 16.4 Å². The fourth-order valence-corrected chi connectivity index (χ4v) is 3.53. The lowest BCUT2D eigenvalue weighted by atomic mass is 10.2. The van der Waals surface area contributed by atoms with Crippen molar-refractivity contribution in [2.45, 2.75) is 5.16 Å². The minimum atomic E-state index is -0.182. The summed E-state index contributed by atoms with van der Waals surface area (Å²) in [6.07, 6.45) is 3.69. The number of anilines is 2. The quantitative estimate of drug-likeness (QED) is 0.745. The number of aromatic nitrogens is 2. The molecule has 3 aromatic rings. The predicted molar refractivity (Wildman–Crippen MR) is 93.3 cm³/mol. The second-order valence-electron chi connectivity index (χ2n) is 5.37. The van der Waals surface area contributed by atoms with Crippen molar-refractivity contribution in [3.8, 4) is 0 Å². The first-order valence-electron chi connectivity index (χ1n) is 7.46. The molecule has 1 aliphatic rings. The highest BCUT2D eigenvalue weighted by molar-refractivity contribution is 7.99. The zero-order valence-electron chi connectivity index (χ0n) is 12.7. The Bertz CT molecular complexity index is 937. The molecule has 7 heteroatoms. The number of carbonyl (C=O) groups excluding carboxylic acids is 2. The van der Waals surface area contributed by atoms with Crippen molar-refractivity contribution in [2.24, 2.45) is 0 Å². The normalized spacial score (nSPS) is 13.7. The van der Waals surface area contributed by atoms with Crippen molar-refractivity contribution in [3.63, 3.8) is 0 Å². The summed E-state index contributed by atoms with van der Waals surface area (Å²) >= 11 is 1.36.